The maximum absolute atomic E-state index is 12.8. The number of nitrogens with zero attached hydrogens (tertiary/aromatic N) is 1. The summed E-state index contributed by atoms with van der Waals surface area (Å²) in [6.07, 6.45) is 3.61. The van der Waals surface area contributed by atoms with E-state index in [4.69, 9.17) is 13.9 Å². The molecule has 0 radical (unpaired) electrons. The number of hydrogen-bond donors (Lipinski definition) is 1. The molecule has 4 amide bonds. The summed E-state index contributed by atoms with van der Waals surface area (Å²) in [4.78, 5) is 38.1. The summed E-state index contributed by atoms with van der Waals surface area (Å²) in [7, 11) is 0. The Bertz CT molecular complexity index is 1250. The number of rotatable bonds is 9. The Labute approximate surface area is 203 Å². The number of urea groups is 1. The Hall–Kier alpha value is -4.33. The van der Waals surface area contributed by atoms with Crippen LogP contribution in [0, 0.1) is 13.8 Å². The van der Waals surface area contributed by atoms with Gasteiger partial charge >= 0.3 is 6.03 Å². The molecule has 1 aromatic heterocycles. The second-order valence-corrected chi connectivity index (χ2v) is 8.18. The van der Waals surface area contributed by atoms with E-state index in [9.17, 15) is 14.4 Å². The number of carbonyl (C=O) groups is 3. The van der Waals surface area contributed by atoms with Gasteiger partial charge in [0, 0.05) is 6.42 Å². The smallest absolute Gasteiger partial charge is 0.331 e. The second kappa shape index (κ2) is 10.7. The van der Waals surface area contributed by atoms with Crippen LogP contribution < -0.4 is 14.8 Å². The summed E-state index contributed by atoms with van der Waals surface area (Å²) >= 11 is 0. The minimum atomic E-state index is -0.779. The van der Waals surface area contributed by atoms with E-state index < -0.39 is 17.8 Å². The van der Waals surface area contributed by atoms with Crippen LogP contribution in [0.1, 0.15) is 28.9 Å². The lowest BCUT2D eigenvalue weighted by atomic mass is 10.1. The zero-order valence-electron chi connectivity index (χ0n) is 19.6. The molecule has 1 N–H and O–H groups in total. The van der Waals surface area contributed by atoms with Gasteiger partial charge in [-0.15, -0.1) is 0 Å². The fourth-order valence-electron chi connectivity index (χ4n) is 3.62. The molecule has 180 valence electrons. The first-order valence-electron chi connectivity index (χ1n) is 11.2. The Morgan fingerprint density at radius 3 is 2.46 bits per heavy atom. The number of nitrogens with one attached hydrogen (secondary N) is 1. The van der Waals surface area contributed by atoms with Crippen LogP contribution >= 0.6 is 0 Å². The van der Waals surface area contributed by atoms with Crippen molar-refractivity contribution in [2.24, 2.45) is 0 Å². The highest BCUT2D eigenvalue weighted by atomic mass is 16.5. The standard InChI is InChI=1S/C27H26N2O6/c1-18-6-11-24(19(2)15-18)35-14-4-13-33-21-9-7-20(8-10-21)16-23-25(30)28-27(32)29(26(23)31)17-22-5-3-12-34-22/h3,5-12,15-16H,4,13-14,17H2,1-2H3,(H,28,30,32). The predicted molar refractivity (Wildman–Crippen MR) is 129 cm³/mol. The molecule has 0 unspecified atom stereocenters. The number of barbiturate groups is 1. The van der Waals surface area contributed by atoms with Crippen molar-refractivity contribution >= 4 is 23.9 Å². The molecule has 1 aliphatic rings. The average Bonchev–Trinajstić information content (AvgIpc) is 3.35. The summed E-state index contributed by atoms with van der Waals surface area (Å²) in [5.41, 5.74) is 2.80. The predicted octanol–water partition coefficient (Wildman–Crippen LogP) is 4.41. The lowest BCUT2D eigenvalue weighted by molar-refractivity contribution is -0.130. The molecule has 2 heterocycles. The van der Waals surface area contributed by atoms with Gasteiger partial charge in [-0.1, -0.05) is 29.8 Å². The van der Waals surface area contributed by atoms with Gasteiger partial charge in [0.2, 0.25) is 0 Å². The fraction of sp³-hybridized carbons (Fsp3) is 0.222. The summed E-state index contributed by atoms with van der Waals surface area (Å²) < 4.78 is 16.8. The van der Waals surface area contributed by atoms with Crippen LogP contribution in [-0.4, -0.2) is 36.0 Å². The first kappa shape index (κ1) is 23.8. The van der Waals surface area contributed by atoms with E-state index in [0.717, 1.165) is 16.2 Å². The van der Waals surface area contributed by atoms with Crippen molar-refractivity contribution < 1.29 is 28.3 Å². The minimum absolute atomic E-state index is 0.0672. The monoisotopic (exact) mass is 474 g/mol. The van der Waals surface area contributed by atoms with E-state index in [-0.39, 0.29) is 12.1 Å². The average molecular weight is 475 g/mol. The van der Waals surface area contributed by atoms with Crippen molar-refractivity contribution in [1.82, 2.24) is 10.2 Å². The Morgan fingerprint density at radius 1 is 0.971 bits per heavy atom. The fourth-order valence-corrected chi connectivity index (χ4v) is 3.62. The van der Waals surface area contributed by atoms with Gasteiger partial charge in [0.1, 0.15) is 22.8 Å². The third-order valence-corrected chi connectivity index (χ3v) is 5.42. The molecular weight excluding hydrogens is 448 g/mol. The molecular formula is C27H26N2O6. The number of imide groups is 2. The number of amides is 4. The molecule has 3 aromatic rings. The van der Waals surface area contributed by atoms with E-state index in [0.29, 0.717) is 36.7 Å². The highest BCUT2D eigenvalue weighted by Crippen LogP contribution is 2.20. The van der Waals surface area contributed by atoms with Gasteiger partial charge in [0.15, 0.2) is 0 Å². The van der Waals surface area contributed by atoms with Crippen molar-refractivity contribution in [1.29, 1.82) is 0 Å². The Morgan fingerprint density at radius 2 is 1.74 bits per heavy atom. The van der Waals surface area contributed by atoms with Crippen LogP contribution in [0.15, 0.2) is 70.9 Å². The molecule has 1 saturated heterocycles. The van der Waals surface area contributed by atoms with Crippen LogP contribution in [0.3, 0.4) is 0 Å². The second-order valence-electron chi connectivity index (χ2n) is 8.18. The maximum atomic E-state index is 12.8. The molecule has 2 aromatic carbocycles. The molecule has 4 rings (SSSR count). The summed E-state index contributed by atoms with van der Waals surface area (Å²) in [6, 6.07) is 15.6. The van der Waals surface area contributed by atoms with Crippen LogP contribution in [-0.2, 0) is 16.1 Å². The maximum Gasteiger partial charge on any atom is 0.331 e. The van der Waals surface area contributed by atoms with Crippen LogP contribution in [0.5, 0.6) is 11.5 Å². The molecule has 0 atom stereocenters. The number of benzene rings is 2. The van der Waals surface area contributed by atoms with Crippen LogP contribution in [0.25, 0.3) is 6.08 Å². The van der Waals surface area contributed by atoms with Crippen molar-refractivity contribution in [3.8, 4) is 11.5 Å². The summed E-state index contributed by atoms with van der Waals surface area (Å²) in [5.74, 6) is 0.550. The van der Waals surface area contributed by atoms with Gasteiger partial charge in [0.25, 0.3) is 11.8 Å². The van der Waals surface area contributed by atoms with E-state index in [1.165, 1.54) is 17.9 Å². The first-order chi connectivity index (χ1) is 16.9. The number of carbonyl (C=O) groups excluding carboxylic acids is 3. The van der Waals surface area contributed by atoms with Gasteiger partial charge < -0.3 is 13.9 Å². The zero-order valence-corrected chi connectivity index (χ0v) is 19.6. The van der Waals surface area contributed by atoms with E-state index in [2.05, 4.69) is 11.4 Å². The minimum Gasteiger partial charge on any atom is -0.493 e. The normalized spacial score (nSPS) is 14.9. The number of hydrogen-bond acceptors (Lipinski definition) is 6. The van der Waals surface area contributed by atoms with E-state index in [1.807, 2.05) is 26.0 Å². The molecule has 1 fully saturated rings. The Balaban J connectivity index is 1.31. The van der Waals surface area contributed by atoms with Crippen molar-refractivity contribution in [3.05, 3.63) is 88.9 Å². The quantitative estimate of drug-likeness (QED) is 0.280. The highest BCUT2D eigenvalue weighted by Gasteiger charge is 2.36. The highest BCUT2D eigenvalue weighted by molar-refractivity contribution is 6.30. The molecule has 0 bridgehead atoms. The third kappa shape index (κ3) is 5.97. The molecule has 8 nitrogen and oxygen atoms in total. The first-order valence-corrected chi connectivity index (χ1v) is 11.2. The van der Waals surface area contributed by atoms with Crippen LogP contribution in [0.2, 0.25) is 0 Å². The third-order valence-electron chi connectivity index (χ3n) is 5.42. The lowest BCUT2D eigenvalue weighted by Gasteiger charge is -2.25. The topological polar surface area (TPSA) is 98.1 Å². The van der Waals surface area contributed by atoms with Gasteiger partial charge in [-0.3, -0.25) is 19.8 Å². The SMILES string of the molecule is Cc1ccc(OCCCOc2ccc(C=C3C(=O)NC(=O)N(Cc4ccco4)C3=O)cc2)c(C)c1. The zero-order chi connectivity index (χ0) is 24.8. The lowest BCUT2D eigenvalue weighted by Crippen LogP contribution is -2.53. The summed E-state index contributed by atoms with van der Waals surface area (Å²) in [5, 5.41) is 2.19. The largest absolute Gasteiger partial charge is 0.493 e. The molecule has 35 heavy (non-hydrogen) atoms. The van der Waals surface area contributed by atoms with Gasteiger partial charge in [0.05, 0.1) is 26.0 Å². The number of furan rings is 1. The molecule has 0 aliphatic carbocycles. The van der Waals surface area contributed by atoms with Gasteiger partial charge in [-0.25, -0.2) is 4.79 Å². The molecule has 0 spiro atoms. The molecule has 0 saturated carbocycles. The Kier molecular flexibility index (Phi) is 7.30. The van der Waals surface area contributed by atoms with Crippen molar-refractivity contribution in [2.45, 2.75) is 26.8 Å². The van der Waals surface area contributed by atoms with Crippen LogP contribution in [0.4, 0.5) is 4.79 Å². The summed E-state index contributed by atoms with van der Waals surface area (Å²) in [6.45, 7) is 5.03. The number of aryl methyl sites for hydroxylation is 2. The van der Waals surface area contributed by atoms with E-state index >= 15 is 0 Å². The van der Waals surface area contributed by atoms with E-state index in [1.54, 1.807) is 36.4 Å². The number of ether oxygens (including phenoxy) is 2. The van der Waals surface area contributed by atoms with Crippen molar-refractivity contribution in [2.75, 3.05) is 13.2 Å². The molecule has 8 heteroatoms. The van der Waals surface area contributed by atoms with Gasteiger partial charge in [-0.2, -0.15) is 0 Å². The molecule has 1 aliphatic heterocycles. The van der Waals surface area contributed by atoms with Gasteiger partial charge in [-0.05, 0) is 61.4 Å². The van der Waals surface area contributed by atoms with Crippen molar-refractivity contribution in [3.63, 3.8) is 0 Å².